The molecule has 5 rings (SSSR count). The number of benzene rings is 5. The van der Waals surface area contributed by atoms with Crippen LogP contribution in [0.2, 0.25) is 0 Å². The fourth-order valence-corrected chi connectivity index (χ4v) is 4.86. The fraction of sp³-hybridized carbons (Fsp3) is 0.143. The summed E-state index contributed by atoms with van der Waals surface area (Å²) in [6, 6.07) is 42.3. The first-order valence-electron chi connectivity index (χ1n) is 12.7. The van der Waals surface area contributed by atoms with Gasteiger partial charge in [-0.1, -0.05) is 140 Å². The van der Waals surface area contributed by atoms with E-state index in [1.165, 1.54) is 38.9 Å². The smallest absolute Gasteiger partial charge is 0.0314 e. The molecule has 0 saturated heterocycles. The molecule has 0 unspecified atom stereocenters. The van der Waals surface area contributed by atoms with Crippen LogP contribution in [-0.2, 0) is 12.8 Å². The first-order valence-corrected chi connectivity index (χ1v) is 14.3. The maximum absolute atomic E-state index is 5.43. The molecule has 0 aliphatic rings. The molecule has 5 aromatic carbocycles. The molecule has 3 heteroatoms. The van der Waals surface area contributed by atoms with Gasteiger partial charge in [0, 0.05) is 14.6 Å². The van der Waals surface area contributed by atoms with Gasteiger partial charge in [0.1, 0.15) is 0 Å². The first-order chi connectivity index (χ1) is 18.3. The zero-order valence-electron chi connectivity index (χ0n) is 22.3. The minimum Gasteiger partial charge on any atom is -0.399 e. The molecule has 0 bridgehead atoms. The van der Waals surface area contributed by atoms with E-state index in [1.807, 2.05) is 55.5 Å². The second-order valence-corrected chi connectivity index (χ2v) is 11.3. The zero-order valence-corrected chi connectivity index (χ0v) is 25.5. The Kier molecular flexibility index (Phi) is 11.9. The molecular weight excluding hydrogens is 594 g/mol. The number of anilines is 1. The van der Waals surface area contributed by atoms with E-state index in [0.717, 1.165) is 27.5 Å². The van der Waals surface area contributed by atoms with E-state index < -0.39 is 0 Å². The predicted octanol–water partition coefficient (Wildman–Crippen LogP) is 10.3. The normalized spacial score (nSPS) is 10.0. The summed E-state index contributed by atoms with van der Waals surface area (Å²) < 4.78 is 2.21. The molecule has 0 fully saturated rings. The van der Waals surface area contributed by atoms with Gasteiger partial charge in [-0.25, -0.2) is 0 Å². The van der Waals surface area contributed by atoms with Crippen LogP contribution in [-0.4, -0.2) is 0 Å². The van der Waals surface area contributed by atoms with Crippen LogP contribution >= 0.6 is 31.9 Å². The van der Waals surface area contributed by atoms with Crippen molar-refractivity contribution in [2.45, 2.75) is 33.6 Å². The van der Waals surface area contributed by atoms with E-state index in [9.17, 15) is 0 Å². The summed E-state index contributed by atoms with van der Waals surface area (Å²) in [4.78, 5) is 0. The van der Waals surface area contributed by atoms with Crippen LogP contribution in [0.4, 0.5) is 5.69 Å². The van der Waals surface area contributed by atoms with Gasteiger partial charge in [0.15, 0.2) is 0 Å². The molecule has 2 N–H and O–H groups in total. The van der Waals surface area contributed by atoms with Crippen LogP contribution in [0.1, 0.15) is 38.9 Å². The second-order valence-electron chi connectivity index (χ2n) is 9.50. The van der Waals surface area contributed by atoms with Crippen LogP contribution in [0.25, 0.3) is 0 Å². The molecule has 5 aromatic rings. The molecule has 0 heterocycles. The lowest BCUT2D eigenvalue weighted by Crippen LogP contribution is -1.92. The van der Waals surface area contributed by atoms with Crippen molar-refractivity contribution in [2.24, 2.45) is 0 Å². The van der Waals surface area contributed by atoms with Crippen molar-refractivity contribution in [2.75, 3.05) is 5.73 Å². The monoisotopic (exact) mass is 627 g/mol. The van der Waals surface area contributed by atoms with Gasteiger partial charge in [-0.2, -0.15) is 0 Å². The highest BCUT2D eigenvalue weighted by Gasteiger charge is 2.00. The van der Waals surface area contributed by atoms with Gasteiger partial charge < -0.3 is 5.73 Å². The number of hydrogen-bond donors (Lipinski definition) is 1. The Morgan fingerprint density at radius 3 is 1.16 bits per heavy atom. The molecule has 194 valence electrons. The third-order valence-electron chi connectivity index (χ3n) is 5.91. The molecule has 0 amide bonds. The van der Waals surface area contributed by atoms with E-state index >= 15 is 0 Å². The number of hydrogen-bond acceptors (Lipinski definition) is 1. The van der Waals surface area contributed by atoms with Crippen molar-refractivity contribution in [3.8, 4) is 0 Å². The number of nitrogen functional groups attached to an aromatic ring is 1. The van der Waals surface area contributed by atoms with Crippen LogP contribution in [0, 0.1) is 20.8 Å². The number of rotatable bonds is 4. The van der Waals surface area contributed by atoms with Gasteiger partial charge in [-0.3, -0.25) is 0 Å². The Morgan fingerprint density at radius 1 is 0.447 bits per heavy atom. The average molecular weight is 629 g/mol. The minimum absolute atomic E-state index is 0.829. The molecule has 0 aromatic heterocycles. The minimum atomic E-state index is 0.829. The van der Waals surface area contributed by atoms with Crippen molar-refractivity contribution < 1.29 is 0 Å². The fourth-order valence-electron chi connectivity index (χ4n) is 3.76. The van der Waals surface area contributed by atoms with Gasteiger partial charge in [-0.15, -0.1) is 0 Å². The van der Waals surface area contributed by atoms with Crippen LogP contribution in [0.15, 0.2) is 130 Å². The molecule has 0 saturated carbocycles. The number of halogens is 2. The van der Waals surface area contributed by atoms with Crippen LogP contribution < -0.4 is 5.73 Å². The first kappa shape index (κ1) is 29.4. The SMILES string of the molecule is Brc1cccc(Br)c1.Cc1ccc(Cc2cccc(Cc3ccc(C)cc3)c2)cc1.Cc1ccc(N)cc1. The Bertz CT molecular complexity index is 1290. The van der Waals surface area contributed by atoms with Gasteiger partial charge in [0.25, 0.3) is 0 Å². The van der Waals surface area contributed by atoms with Crippen molar-refractivity contribution >= 4 is 37.5 Å². The van der Waals surface area contributed by atoms with E-state index in [-0.39, 0.29) is 0 Å². The highest BCUT2D eigenvalue weighted by molar-refractivity contribution is 9.11. The van der Waals surface area contributed by atoms with Crippen molar-refractivity contribution in [1.82, 2.24) is 0 Å². The van der Waals surface area contributed by atoms with E-state index in [4.69, 9.17) is 5.73 Å². The lowest BCUT2D eigenvalue weighted by molar-refractivity contribution is 1.13. The summed E-state index contributed by atoms with van der Waals surface area (Å²) >= 11 is 6.66. The second kappa shape index (κ2) is 15.3. The molecule has 0 atom stereocenters. The van der Waals surface area contributed by atoms with Crippen molar-refractivity contribution in [3.05, 3.63) is 169 Å². The molecule has 0 spiro atoms. The van der Waals surface area contributed by atoms with Gasteiger partial charge >= 0.3 is 0 Å². The standard InChI is InChI=1S/C22H22.C7H9N.C6H4Br2/c1-17-6-10-19(11-7-17)14-21-4-3-5-22(16-21)15-20-12-8-18(2)9-13-20;1-6-2-4-7(8)5-3-6;7-5-2-1-3-6(8)4-5/h3-13,16H,14-15H2,1-2H3;2-5H,8H2,1H3;1-4H. The Labute approximate surface area is 245 Å². The van der Waals surface area contributed by atoms with E-state index in [2.05, 4.69) is 119 Å². The molecule has 1 nitrogen and oxygen atoms in total. The summed E-state index contributed by atoms with van der Waals surface area (Å²) in [5, 5.41) is 0. The Hall–Kier alpha value is -3.14. The summed E-state index contributed by atoms with van der Waals surface area (Å²) in [7, 11) is 0. The molecular formula is C35H35Br2N. The third-order valence-corrected chi connectivity index (χ3v) is 6.90. The molecule has 38 heavy (non-hydrogen) atoms. The largest absolute Gasteiger partial charge is 0.399 e. The van der Waals surface area contributed by atoms with Crippen molar-refractivity contribution in [1.29, 1.82) is 0 Å². The van der Waals surface area contributed by atoms with Gasteiger partial charge in [-0.05, 0) is 86.2 Å². The highest BCUT2D eigenvalue weighted by atomic mass is 79.9. The lowest BCUT2D eigenvalue weighted by atomic mass is 9.98. The molecule has 0 radical (unpaired) electrons. The Balaban J connectivity index is 0.000000203. The summed E-state index contributed by atoms with van der Waals surface area (Å²) in [6.07, 6.45) is 2.00. The summed E-state index contributed by atoms with van der Waals surface area (Å²) in [6.45, 7) is 6.30. The summed E-state index contributed by atoms with van der Waals surface area (Å²) in [5.74, 6) is 0. The predicted molar refractivity (Wildman–Crippen MR) is 172 cm³/mol. The van der Waals surface area contributed by atoms with E-state index in [0.29, 0.717) is 0 Å². The van der Waals surface area contributed by atoms with Crippen LogP contribution in [0.5, 0.6) is 0 Å². The van der Waals surface area contributed by atoms with Crippen LogP contribution in [0.3, 0.4) is 0 Å². The average Bonchev–Trinajstić information content (AvgIpc) is 2.89. The molecule has 0 aliphatic carbocycles. The maximum Gasteiger partial charge on any atom is 0.0314 e. The quantitative estimate of drug-likeness (QED) is 0.197. The topological polar surface area (TPSA) is 26.0 Å². The lowest BCUT2D eigenvalue weighted by Gasteiger charge is -2.07. The highest BCUT2D eigenvalue weighted by Crippen LogP contribution is 2.17. The number of nitrogens with two attached hydrogens (primary N) is 1. The maximum atomic E-state index is 5.43. The zero-order chi connectivity index (χ0) is 27.3. The van der Waals surface area contributed by atoms with Crippen molar-refractivity contribution in [3.63, 3.8) is 0 Å². The third kappa shape index (κ3) is 11.1. The Morgan fingerprint density at radius 2 is 0.816 bits per heavy atom. The van der Waals surface area contributed by atoms with Gasteiger partial charge in [0.05, 0.1) is 0 Å². The molecule has 0 aliphatic heterocycles. The summed E-state index contributed by atoms with van der Waals surface area (Å²) in [5.41, 5.74) is 15.7. The van der Waals surface area contributed by atoms with E-state index in [1.54, 1.807) is 0 Å². The van der Waals surface area contributed by atoms with Gasteiger partial charge in [0.2, 0.25) is 0 Å². The number of aryl methyl sites for hydroxylation is 3.